The average molecular weight is 209 g/mol. The van der Waals surface area contributed by atoms with Crippen LogP contribution in [-0.4, -0.2) is 23.4 Å². The van der Waals surface area contributed by atoms with Crippen molar-refractivity contribution in [1.82, 2.24) is 10.5 Å². The Morgan fingerprint density at radius 3 is 2.80 bits per heavy atom. The van der Waals surface area contributed by atoms with Crippen LogP contribution < -0.4 is 11.2 Å². The molecule has 0 spiro atoms. The zero-order valence-electron chi connectivity index (χ0n) is 8.19. The van der Waals surface area contributed by atoms with Gasteiger partial charge in [-0.25, -0.2) is 5.48 Å². The second-order valence-corrected chi connectivity index (χ2v) is 2.87. The quantitative estimate of drug-likeness (QED) is 0.656. The summed E-state index contributed by atoms with van der Waals surface area (Å²) >= 11 is 0. The molecule has 0 aliphatic heterocycles. The van der Waals surface area contributed by atoms with Gasteiger partial charge in [0.15, 0.2) is 6.61 Å². The van der Waals surface area contributed by atoms with E-state index in [0.717, 1.165) is 5.69 Å². The molecule has 0 atom stereocenters. The normalized spacial score (nSPS) is 9.67. The van der Waals surface area contributed by atoms with Crippen LogP contribution >= 0.6 is 0 Å². The molecule has 1 aromatic rings. The number of nitrogens with zero attached hydrogens (tertiary/aromatic N) is 1. The van der Waals surface area contributed by atoms with Gasteiger partial charge in [0.25, 0.3) is 5.91 Å². The third-order valence-corrected chi connectivity index (χ3v) is 1.55. The SMILES string of the molecule is Cc1ccc(C(=O)NOCC(N)=O)cn1. The fourth-order valence-electron chi connectivity index (χ4n) is 0.834. The van der Waals surface area contributed by atoms with Crippen molar-refractivity contribution in [3.8, 4) is 0 Å². The Balaban J connectivity index is 2.47. The van der Waals surface area contributed by atoms with Gasteiger partial charge in [-0.3, -0.25) is 19.4 Å². The Labute approximate surface area is 86.4 Å². The van der Waals surface area contributed by atoms with Crippen LogP contribution in [-0.2, 0) is 9.63 Å². The molecule has 0 fully saturated rings. The van der Waals surface area contributed by atoms with Crippen molar-refractivity contribution in [3.05, 3.63) is 29.6 Å². The lowest BCUT2D eigenvalue weighted by atomic mass is 10.2. The summed E-state index contributed by atoms with van der Waals surface area (Å²) in [5.41, 5.74) is 8.04. The van der Waals surface area contributed by atoms with Gasteiger partial charge in [0.1, 0.15) is 0 Å². The van der Waals surface area contributed by atoms with E-state index in [1.54, 1.807) is 12.1 Å². The Kier molecular flexibility index (Phi) is 3.75. The van der Waals surface area contributed by atoms with Gasteiger partial charge >= 0.3 is 0 Å². The number of amides is 2. The van der Waals surface area contributed by atoms with Crippen molar-refractivity contribution in [2.75, 3.05) is 6.61 Å². The summed E-state index contributed by atoms with van der Waals surface area (Å²) in [5, 5.41) is 0. The number of primary amides is 1. The molecule has 0 aromatic carbocycles. The van der Waals surface area contributed by atoms with Crippen molar-refractivity contribution >= 4 is 11.8 Å². The van der Waals surface area contributed by atoms with E-state index >= 15 is 0 Å². The lowest BCUT2D eigenvalue weighted by molar-refractivity contribution is -0.124. The first-order valence-electron chi connectivity index (χ1n) is 4.22. The van der Waals surface area contributed by atoms with Crippen LogP contribution in [0.4, 0.5) is 0 Å². The van der Waals surface area contributed by atoms with Crippen molar-refractivity contribution in [3.63, 3.8) is 0 Å². The summed E-state index contributed by atoms with van der Waals surface area (Å²) < 4.78 is 0. The van der Waals surface area contributed by atoms with Crippen molar-refractivity contribution < 1.29 is 14.4 Å². The van der Waals surface area contributed by atoms with E-state index in [1.807, 2.05) is 6.92 Å². The number of carbonyl (C=O) groups is 2. The van der Waals surface area contributed by atoms with E-state index < -0.39 is 11.8 Å². The van der Waals surface area contributed by atoms with Crippen LogP contribution in [0.2, 0.25) is 0 Å². The Hall–Kier alpha value is -1.95. The highest BCUT2D eigenvalue weighted by molar-refractivity contribution is 5.93. The van der Waals surface area contributed by atoms with E-state index in [9.17, 15) is 9.59 Å². The molecule has 0 aliphatic carbocycles. The zero-order chi connectivity index (χ0) is 11.3. The largest absolute Gasteiger partial charge is 0.368 e. The van der Waals surface area contributed by atoms with Crippen molar-refractivity contribution in [1.29, 1.82) is 0 Å². The molecular weight excluding hydrogens is 198 g/mol. The van der Waals surface area contributed by atoms with Crippen molar-refractivity contribution in [2.24, 2.45) is 5.73 Å². The van der Waals surface area contributed by atoms with Gasteiger partial charge in [-0.1, -0.05) is 0 Å². The topological polar surface area (TPSA) is 94.3 Å². The average Bonchev–Trinajstić information content (AvgIpc) is 2.18. The monoisotopic (exact) mass is 209 g/mol. The predicted molar refractivity (Wildman–Crippen MR) is 51.6 cm³/mol. The first-order chi connectivity index (χ1) is 7.09. The molecule has 6 heteroatoms. The number of nitrogens with two attached hydrogens (primary N) is 1. The molecule has 0 radical (unpaired) electrons. The fourth-order valence-corrected chi connectivity index (χ4v) is 0.834. The highest BCUT2D eigenvalue weighted by atomic mass is 16.7. The molecule has 1 heterocycles. The first kappa shape index (κ1) is 11.1. The number of pyridine rings is 1. The molecule has 80 valence electrons. The summed E-state index contributed by atoms with van der Waals surface area (Å²) in [6, 6.07) is 3.30. The van der Waals surface area contributed by atoms with E-state index in [0.29, 0.717) is 5.56 Å². The minimum Gasteiger partial charge on any atom is -0.368 e. The lowest BCUT2D eigenvalue weighted by Crippen LogP contribution is -2.29. The summed E-state index contributed by atoms with van der Waals surface area (Å²) in [7, 11) is 0. The van der Waals surface area contributed by atoms with Crippen LogP contribution in [0.25, 0.3) is 0 Å². The van der Waals surface area contributed by atoms with Gasteiger partial charge in [-0.15, -0.1) is 0 Å². The minimum absolute atomic E-state index is 0.352. The van der Waals surface area contributed by atoms with Crippen LogP contribution in [0.1, 0.15) is 16.1 Å². The summed E-state index contributed by atoms with van der Waals surface area (Å²) in [6.07, 6.45) is 1.41. The molecule has 6 nitrogen and oxygen atoms in total. The van der Waals surface area contributed by atoms with Gasteiger partial charge in [0, 0.05) is 11.9 Å². The molecule has 0 unspecified atom stereocenters. The second kappa shape index (κ2) is 5.06. The number of aromatic nitrogens is 1. The molecule has 2 amide bonds. The lowest BCUT2D eigenvalue weighted by Gasteiger charge is -2.03. The van der Waals surface area contributed by atoms with Crippen molar-refractivity contribution in [2.45, 2.75) is 6.92 Å². The highest BCUT2D eigenvalue weighted by Gasteiger charge is 2.05. The van der Waals surface area contributed by atoms with E-state index in [1.165, 1.54) is 6.20 Å². The Bertz CT molecular complexity index is 361. The molecule has 15 heavy (non-hydrogen) atoms. The number of nitrogens with one attached hydrogen (secondary N) is 1. The molecule has 0 saturated heterocycles. The standard InChI is InChI=1S/C9H11N3O3/c1-6-2-3-7(4-11-6)9(14)12-15-5-8(10)13/h2-4H,5H2,1H3,(H2,10,13)(H,12,14). The van der Waals surface area contributed by atoms with Crippen LogP contribution in [0.5, 0.6) is 0 Å². The number of aryl methyl sites for hydroxylation is 1. The number of hydrogen-bond acceptors (Lipinski definition) is 4. The third-order valence-electron chi connectivity index (χ3n) is 1.55. The minimum atomic E-state index is -0.655. The zero-order valence-corrected chi connectivity index (χ0v) is 8.19. The smallest absolute Gasteiger partial charge is 0.276 e. The van der Waals surface area contributed by atoms with E-state index in [4.69, 9.17) is 5.73 Å². The number of hydrogen-bond donors (Lipinski definition) is 2. The number of rotatable bonds is 4. The van der Waals surface area contributed by atoms with Gasteiger partial charge in [0.2, 0.25) is 5.91 Å². The molecule has 0 bridgehead atoms. The summed E-state index contributed by atoms with van der Waals surface area (Å²) in [5.74, 6) is -1.12. The first-order valence-corrected chi connectivity index (χ1v) is 4.22. The predicted octanol–water partition coefficient (Wildman–Crippen LogP) is -0.463. The maximum atomic E-state index is 11.3. The van der Waals surface area contributed by atoms with Crippen LogP contribution in [0, 0.1) is 6.92 Å². The van der Waals surface area contributed by atoms with Gasteiger partial charge < -0.3 is 5.73 Å². The number of hydroxylamine groups is 1. The Morgan fingerprint density at radius 2 is 2.27 bits per heavy atom. The molecular formula is C9H11N3O3. The molecule has 1 aromatic heterocycles. The van der Waals surface area contributed by atoms with E-state index in [2.05, 4.69) is 15.3 Å². The summed E-state index contributed by atoms with van der Waals surface area (Å²) in [6.45, 7) is 1.45. The highest BCUT2D eigenvalue weighted by Crippen LogP contribution is 1.98. The molecule has 0 aliphatic rings. The number of carbonyl (C=O) groups excluding carboxylic acids is 2. The molecule has 0 saturated carbocycles. The summed E-state index contributed by atoms with van der Waals surface area (Å²) in [4.78, 5) is 30.1. The second-order valence-electron chi connectivity index (χ2n) is 2.87. The Morgan fingerprint density at radius 1 is 1.53 bits per heavy atom. The molecule has 3 N–H and O–H groups in total. The third kappa shape index (κ3) is 3.74. The molecule has 1 rings (SSSR count). The van der Waals surface area contributed by atoms with Gasteiger partial charge in [0.05, 0.1) is 5.56 Å². The van der Waals surface area contributed by atoms with Gasteiger partial charge in [-0.2, -0.15) is 0 Å². The van der Waals surface area contributed by atoms with Crippen LogP contribution in [0.3, 0.4) is 0 Å². The fraction of sp³-hybridized carbons (Fsp3) is 0.222. The van der Waals surface area contributed by atoms with Crippen LogP contribution in [0.15, 0.2) is 18.3 Å². The van der Waals surface area contributed by atoms with Gasteiger partial charge in [-0.05, 0) is 19.1 Å². The maximum Gasteiger partial charge on any atom is 0.276 e. The maximum absolute atomic E-state index is 11.3. The van der Waals surface area contributed by atoms with E-state index in [-0.39, 0.29) is 6.61 Å².